The van der Waals surface area contributed by atoms with Crippen LogP contribution in [0.3, 0.4) is 0 Å². The van der Waals surface area contributed by atoms with Gasteiger partial charge < -0.3 is 9.47 Å². The van der Waals surface area contributed by atoms with Crippen LogP contribution in [0.5, 0.6) is 17.5 Å². The van der Waals surface area contributed by atoms with Crippen LogP contribution in [0.4, 0.5) is 5.69 Å². The number of pyridine rings is 1. The molecule has 2 aromatic rings. The van der Waals surface area contributed by atoms with E-state index in [2.05, 4.69) is 15.0 Å². The van der Waals surface area contributed by atoms with Gasteiger partial charge >= 0.3 is 17.4 Å². The SMILES string of the molecule is COc1ncnc(Oc2cccnc2)c1[N+](=O)[O-]. The normalized spacial score (nSPS) is 9.83. The summed E-state index contributed by atoms with van der Waals surface area (Å²) in [7, 11) is 1.28. The lowest BCUT2D eigenvalue weighted by Crippen LogP contribution is -2.01. The van der Waals surface area contributed by atoms with Crippen LogP contribution in [0.25, 0.3) is 0 Å². The number of nitrogens with zero attached hydrogens (tertiary/aromatic N) is 4. The molecule has 0 amide bonds. The van der Waals surface area contributed by atoms with Crippen LogP contribution >= 0.6 is 0 Å². The number of ether oxygens (including phenoxy) is 2. The first-order valence-electron chi connectivity index (χ1n) is 4.83. The minimum absolute atomic E-state index is 0.158. The summed E-state index contributed by atoms with van der Waals surface area (Å²) >= 11 is 0. The third-order valence-electron chi connectivity index (χ3n) is 1.98. The number of hydrogen-bond acceptors (Lipinski definition) is 7. The van der Waals surface area contributed by atoms with E-state index in [1.54, 1.807) is 18.3 Å². The van der Waals surface area contributed by atoms with Gasteiger partial charge in [0.15, 0.2) is 0 Å². The molecule has 0 atom stereocenters. The van der Waals surface area contributed by atoms with Crippen LogP contribution < -0.4 is 9.47 Å². The van der Waals surface area contributed by atoms with Crippen molar-refractivity contribution >= 4 is 5.69 Å². The van der Waals surface area contributed by atoms with Gasteiger partial charge in [-0.25, -0.2) is 0 Å². The van der Waals surface area contributed by atoms with Crippen LogP contribution in [-0.4, -0.2) is 27.0 Å². The van der Waals surface area contributed by atoms with Crippen LogP contribution in [-0.2, 0) is 0 Å². The minimum atomic E-state index is -0.662. The number of methoxy groups -OCH3 is 1. The summed E-state index contributed by atoms with van der Waals surface area (Å²) in [4.78, 5) is 21.5. The lowest BCUT2D eigenvalue weighted by atomic mass is 10.4. The summed E-state index contributed by atoms with van der Waals surface area (Å²) in [6.45, 7) is 0. The van der Waals surface area contributed by atoms with Crippen molar-refractivity contribution in [3.63, 3.8) is 0 Å². The molecular weight excluding hydrogens is 240 g/mol. The summed E-state index contributed by atoms with van der Waals surface area (Å²) in [5.74, 6) is -0.0184. The average molecular weight is 248 g/mol. The molecule has 2 aromatic heterocycles. The highest BCUT2D eigenvalue weighted by atomic mass is 16.6. The molecule has 0 aromatic carbocycles. The first-order chi connectivity index (χ1) is 8.72. The molecule has 0 aliphatic heterocycles. The van der Waals surface area contributed by atoms with E-state index in [4.69, 9.17) is 9.47 Å². The quantitative estimate of drug-likeness (QED) is 0.598. The molecule has 0 aliphatic carbocycles. The number of rotatable bonds is 4. The third-order valence-corrected chi connectivity index (χ3v) is 1.98. The van der Waals surface area contributed by atoms with Crippen LogP contribution in [0.15, 0.2) is 30.9 Å². The summed E-state index contributed by atoms with van der Waals surface area (Å²) in [5, 5.41) is 10.9. The summed E-state index contributed by atoms with van der Waals surface area (Å²) in [6.07, 6.45) is 4.09. The largest absolute Gasteiger partial charge is 0.476 e. The number of nitro groups is 1. The van der Waals surface area contributed by atoms with E-state index < -0.39 is 10.6 Å². The van der Waals surface area contributed by atoms with Crippen LogP contribution in [0.1, 0.15) is 0 Å². The van der Waals surface area contributed by atoms with Gasteiger partial charge in [-0.2, -0.15) is 9.97 Å². The van der Waals surface area contributed by atoms with Gasteiger partial charge in [0.1, 0.15) is 12.1 Å². The zero-order valence-corrected chi connectivity index (χ0v) is 9.31. The Morgan fingerprint density at radius 3 is 2.72 bits per heavy atom. The van der Waals surface area contributed by atoms with Crippen molar-refractivity contribution in [2.24, 2.45) is 0 Å². The third kappa shape index (κ3) is 2.32. The Labute approximate surface area is 101 Å². The molecule has 92 valence electrons. The van der Waals surface area contributed by atoms with E-state index in [-0.39, 0.29) is 11.8 Å². The van der Waals surface area contributed by atoms with E-state index in [0.29, 0.717) is 5.75 Å². The molecule has 0 saturated heterocycles. The Hall–Kier alpha value is -2.77. The fourth-order valence-electron chi connectivity index (χ4n) is 1.25. The van der Waals surface area contributed by atoms with Gasteiger partial charge in [0.05, 0.1) is 18.2 Å². The fourth-order valence-corrected chi connectivity index (χ4v) is 1.25. The maximum absolute atomic E-state index is 10.9. The molecule has 0 spiro atoms. The highest BCUT2D eigenvalue weighted by molar-refractivity contribution is 5.50. The van der Waals surface area contributed by atoms with E-state index in [9.17, 15) is 10.1 Å². The molecule has 2 rings (SSSR count). The van der Waals surface area contributed by atoms with Crippen molar-refractivity contribution in [1.82, 2.24) is 15.0 Å². The zero-order valence-electron chi connectivity index (χ0n) is 9.31. The molecule has 0 unspecified atom stereocenters. The Bertz CT molecular complexity index is 561. The van der Waals surface area contributed by atoms with E-state index in [1.807, 2.05) is 0 Å². The smallest absolute Gasteiger partial charge is 0.392 e. The van der Waals surface area contributed by atoms with Crippen molar-refractivity contribution < 1.29 is 14.4 Å². The summed E-state index contributed by atoms with van der Waals surface area (Å²) < 4.78 is 10.1. The van der Waals surface area contributed by atoms with Crippen molar-refractivity contribution in [2.75, 3.05) is 7.11 Å². The van der Waals surface area contributed by atoms with Gasteiger partial charge in [-0.05, 0) is 12.1 Å². The summed E-state index contributed by atoms with van der Waals surface area (Å²) in [6, 6.07) is 3.24. The maximum Gasteiger partial charge on any atom is 0.392 e. The predicted octanol–water partition coefficient (Wildman–Crippen LogP) is 1.58. The second-order valence-electron chi connectivity index (χ2n) is 3.08. The van der Waals surface area contributed by atoms with E-state index >= 15 is 0 Å². The standard InChI is InChI=1S/C10H8N4O4/c1-17-9-8(14(15)16)10(13-6-12-9)18-7-3-2-4-11-5-7/h2-6H,1H3. The van der Waals surface area contributed by atoms with Crippen molar-refractivity contribution in [3.8, 4) is 17.5 Å². The second-order valence-corrected chi connectivity index (χ2v) is 3.08. The molecule has 0 bridgehead atoms. The molecule has 0 fully saturated rings. The molecule has 8 nitrogen and oxygen atoms in total. The highest BCUT2D eigenvalue weighted by Gasteiger charge is 2.25. The maximum atomic E-state index is 10.9. The van der Waals surface area contributed by atoms with Crippen LogP contribution in [0.2, 0.25) is 0 Å². The lowest BCUT2D eigenvalue weighted by molar-refractivity contribution is -0.387. The summed E-state index contributed by atoms with van der Waals surface area (Å²) in [5.41, 5.74) is -0.427. The molecule has 0 aliphatic rings. The number of aromatic nitrogens is 3. The lowest BCUT2D eigenvalue weighted by Gasteiger charge is -2.05. The first kappa shape index (κ1) is 11.7. The van der Waals surface area contributed by atoms with Crippen LogP contribution in [0, 0.1) is 10.1 Å². The molecule has 8 heteroatoms. The topological polar surface area (TPSA) is 100 Å². The molecule has 2 heterocycles. The zero-order chi connectivity index (χ0) is 13.0. The van der Waals surface area contributed by atoms with Gasteiger partial charge in [0.2, 0.25) is 0 Å². The van der Waals surface area contributed by atoms with Gasteiger partial charge in [0.25, 0.3) is 0 Å². The van der Waals surface area contributed by atoms with Gasteiger partial charge in [-0.15, -0.1) is 0 Å². The van der Waals surface area contributed by atoms with E-state index in [1.165, 1.54) is 13.3 Å². The Kier molecular flexibility index (Phi) is 3.28. The minimum Gasteiger partial charge on any atom is -0.476 e. The first-order valence-corrected chi connectivity index (χ1v) is 4.83. The fraction of sp³-hybridized carbons (Fsp3) is 0.100. The van der Waals surface area contributed by atoms with E-state index in [0.717, 1.165) is 6.33 Å². The van der Waals surface area contributed by atoms with Gasteiger partial charge in [-0.1, -0.05) is 0 Å². The van der Waals surface area contributed by atoms with Gasteiger partial charge in [-0.3, -0.25) is 15.1 Å². The molecule has 18 heavy (non-hydrogen) atoms. The molecule has 0 saturated carbocycles. The van der Waals surface area contributed by atoms with Crippen molar-refractivity contribution in [3.05, 3.63) is 41.0 Å². The average Bonchev–Trinajstić information content (AvgIpc) is 2.39. The highest BCUT2D eigenvalue weighted by Crippen LogP contribution is 2.34. The number of hydrogen-bond donors (Lipinski definition) is 0. The monoisotopic (exact) mass is 248 g/mol. The Balaban J connectivity index is 2.42. The van der Waals surface area contributed by atoms with Gasteiger partial charge in [0, 0.05) is 6.20 Å². The Morgan fingerprint density at radius 1 is 1.33 bits per heavy atom. The van der Waals surface area contributed by atoms with Crippen molar-refractivity contribution in [2.45, 2.75) is 0 Å². The molecule has 0 radical (unpaired) electrons. The Morgan fingerprint density at radius 2 is 2.11 bits per heavy atom. The predicted molar refractivity (Wildman–Crippen MR) is 59.5 cm³/mol. The van der Waals surface area contributed by atoms with Crippen molar-refractivity contribution in [1.29, 1.82) is 0 Å². The molecule has 0 N–H and O–H groups in total. The molecular formula is C10H8N4O4. The second kappa shape index (κ2) is 5.04.